The maximum absolute atomic E-state index is 12.4. The van der Waals surface area contributed by atoms with Gasteiger partial charge in [-0.2, -0.15) is 0 Å². The minimum atomic E-state index is 0.210. The average molecular weight is 238 g/mol. The lowest BCUT2D eigenvalue weighted by molar-refractivity contribution is -0.136. The van der Waals surface area contributed by atoms with E-state index in [2.05, 4.69) is 24.1 Å². The van der Waals surface area contributed by atoms with Crippen LogP contribution in [0.4, 0.5) is 0 Å². The molecular weight excluding hydrogens is 212 g/mol. The molecule has 1 amide bonds. The van der Waals surface area contributed by atoms with Crippen molar-refractivity contribution in [2.24, 2.45) is 5.92 Å². The third-order valence-corrected chi connectivity index (χ3v) is 3.99. The number of amides is 1. The van der Waals surface area contributed by atoms with E-state index in [1.807, 2.05) is 0 Å². The Balaban J connectivity index is 1.89. The van der Waals surface area contributed by atoms with Crippen LogP contribution in [0.25, 0.3) is 0 Å². The monoisotopic (exact) mass is 238 g/mol. The molecule has 1 aliphatic carbocycles. The molecule has 1 N–H and O–H groups in total. The van der Waals surface area contributed by atoms with E-state index in [0.29, 0.717) is 18.0 Å². The summed E-state index contributed by atoms with van der Waals surface area (Å²) in [7, 11) is 0. The van der Waals surface area contributed by atoms with Crippen molar-refractivity contribution in [3.63, 3.8) is 0 Å². The third kappa shape index (κ3) is 3.44. The van der Waals surface area contributed by atoms with Gasteiger partial charge in [0.15, 0.2) is 0 Å². The molecule has 2 unspecified atom stereocenters. The first-order valence-electron chi connectivity index (χ1n) is 7.26. The van der Waals surface area contributed by atoms with Gasteiger partial charge in [0, 0.05) is 24.5 Å². The minimum absolute atomic E-state index is 0.210. The fourth-order valence-electron chi connectivity index (χ4n) is 2.79. The molecular formula is C14H26N2O. The summed E-state index contributed by atoms with van der Waals surface area (Å²) >= 11 is 0. The number of nitrogens with one attached hydrogen (secondary N) is 1. The number of carbonyl (C=O) groups is 1. The summed E-state index contributed by atoms with van der Waals surface area (Å²) in [6.45, 7) is 6.31. The van der Waals surface area contributed by atoms with Crippen LogP contribution in [0.3, 0.4) is 0 Å². The zero-order chi connectivity index (χ0) is 12.3. The van der Waals surface area contributed by atoms with E-state index in [4.69, 9.17) is 0 Å². The van der Waals surface area contributed by atoms with Crippen molar-refractivity contribution in [2.45, 2.75) is 64.5 Å². The minimum Gasteiger partial charge on any atom is -0.338 e. The number of hydrogen-bond donors (Lipinski definition) is 1. The topological polar surface area (TPSA) is 32.3 Å². The third-order valence-electron chi connectivity index (χ3n) is 3.99. The maximum Gasteiger partial charge on any atom is 0.225 e. The second-order valence-corrected chi connectivity index (χ2v) is 5.70. The fraction of sp³-hybridized carbons (Fsp3) is 0.929. The molecule has 1 heterocycles. The Morgan fingerprint density at radius 3 is 2.71 bits per heavy atom. The quantitative estimate of drug-likeness (QED) is 0.769. The van der Waals surface area contributed by atoms with Gasteiger partial charge in [-0.1, -0.05) is 20.3 Å². The van der Waals surface area contributed by atoms with Crippen molar-refractivity contribution in [1.82, 2.24) is 10.2 Å². The normalized spacial score (nSPS) is 25.9. The number of hydrogen-bond acceptors (Lipinski definition) is 2. The Labute approximate surface area is 105 Å². The Morgan fingerprint density at radius 2 is 2.18 bits per heavy atom. The second-order valence-electron chi connectivity index (χ2n) is 5.70. The molecule has 0 aromatic carbocycles. The number of nitrogens with zero attached hydrogens (tertiary/aromatic N) is 1. The highest BCUT2D eigenvalue weighted by atomic mass is 16.2. The molecule has 0 aromatic rings. The van der Waals surface area contributed by atoms with Gasteiger partial charge >= 0.3 is 0 Å². The Morgan fingerprint density at radius 1 is 1.41 bits per heavy atom. The number of rotatable bonds is 6. The van der Waals surface area contributed by atoms with E-state index < -0.39 is 0 Å². The lowest BCUT2D eigenvalue weighted by atomic mass is 10.0. The molecule has 2 rings (SSSR count). The van der Waals surface area contributed by atoms with Crippen molar-refractivity contribution in [3.05, 3.63) is 0 Å². The van der Waals surface area contributed by atoms with E-state index in [1.54, 1.807) is 0 Å². The SMILES string of the molecule is CCCC(C)C(=O)N(CC1CCCN1)C1CC1. The summed E-state index contributed by atoms with van der Waals surface area (Å²) in [6, 6.07) is 1.11. The molecule has 0 bridgehead atoms. The van der Waals surface area contributed by atoms with Crippen LogP contribution in [0.15, 0.2) is 0 Å². The highest BCUT2D eigenvalue weighted by Crippen LogP contribution is 2.29. The van der Waals surface area contributed by atoms with Gasteiger partial charge in [0.05, 0.1) is 0 Å². The first kappa shape index (κ1) is 12.9. The van der Waals surface area contributed by atoms with Gasteiger partial charge in [0.25, 0.3) is 0 Å². The molecule has 0 spiro atoms. The largest absolute Gasteiger partial charge is 0.338 e. The van der Waals surface area contributed by atoms with Gasteiger partial charge in [0.2, 0.25) is 5.91 Å². The van der Waals surface area contributed by atoms with Gasteiger partial charge < -0.3 is 10.2 Å². The van der Waals surface area contributed by atoms with Gasteiger partial charge in [-0.15, -0.1) is 0 Å². The zero-order valence-corrected chi connectivity index (χ0v) is 11.2. The number of carbonyl (C=O) groups excluding carboxylic acids is 1. The van der Waals surface area contributed by atoms with Crippen LogP contribution in [0.5, 0.6) is 0 Å². The molecule has 1 aliphatic heterocycles. The molecule has 3 nitrogen and oxygen atoms in total. The van der Waals surface area contributed by atoms with E-state index >= 15 is 0 Å². The van der Waals surface area contributed by atoms with Crippen molar-refractivity contribution >= 4 is 5.91 Å². The molecule has 98 valence electrons. The summed E-state index contributed by atoms with van der Waals surface area (Å²) in [4.78, 5) is 14.6. The van der Waals surface area contributed by atoms with Gasteiger partial charge in [-0.25, -0.2) is 0 Å². The Kier molecular flexibility index (Phi) is 4.43. The highest BCUT2D eigenvalue weighted by Gasteiger charge is 2.35. The average Bonchev–Trinajstić information content (AvgIpc) is 3.03. The summed E-state index contributed by atoms with van der Waals surface area (Å²) in [5, 5.41) is 3.50. The Hall–Kier alpha value is -0.570. The van der Waals surface area contributed by atoms with E-state index in [1.165, 1.54) is 25.7 Å². The predicted molar refractivity (Wildman–Crippen MR) is 69.8 cm³/mol. The van der Waals surface area contributed by atoms with Crippen LogP contribution < -0.4 is 5.32 Å². The van der Waals surface area contributed by atoms with Crippen LogP contribution in [0, 0.1) is 5.92 Å². The zero-order valence-electron chi connectivity index (χ0n) is 11.2. The summed E-state index contributed by atoms with van der Waals surface area (Å²) in [5.41, 5.74) is 0. The summed E-state index contributed by atoms with van der Waals surface area (Å²) in [6.07, 6.45) is 7.07. The van der Waals surface area contributed by atoms with E-state index in [-0.39, 0.29) is 5.92 Å². The van der Waals surface area contributed by atoms with Crippen molar-refractivity contribution in [1.29, 1.82) is 0 Å². The summed E-state index contributed by atoms with van der Waals surface area (Å²) in [5.74, 6) is 0.602. The molecule has 17 heavy (non-hydrogen) atoms. The van der Waals surface area contributed by atoms with Crippen LogP contribution in [0.2, 0.25) is 0 Å². The smallest absolute Gasteiger partial charge is 0.225 e. The molecule has 1 saturated heterocycles. The van der Waals surface area contributed by atoms with Crippen LogP contribution >= 0.6 is 0 Å². The van der Waals surface area contributed by atoms with E-state index in [0.717, 1.165) is 25.9 Å². The van der Waals surface area contributed by atoms with Gasteiger partial charge in [-0.3, -0.25) is 4.79 Å². The summed E-state index contributed by atoms with van der Waals surface area (Å²) < 4.78 is 0. The van der Waals surface area contributed by atoms with E-state index in [9.17, 15) is 4.79 Å². The molecule has 0 aromatic heterocycles. The molecule has 2 atom stereocenters. The molecule has 2 fully saturated rings. The van der Waals surface area contributed by atoms with Gasteiger partial charge in [-0.05, 0) is 38.6 Å². The Bertz CT molecular complexity index is 257. The fourth-order valence-corrected chi connectivity index (χ4v) is 2.79. The maximum atomic E-state index is 12.4. The van der Waals surface area contributed by atoms with Crippen molar-refractivity contribution < 1.29 is 4.79 Å². The lowest BCUT2D eigenvalue weighted by Gasteiger charge is -2.28. The second kappa shape index (κ2) is 5.85. The van der Waals surface area contributed by atoms with Crippen molar-refractivity contribution in [2.75, 3.05) is 13.1 Å². The standard InChI is InChI=1S/C14H26N2O/c1-3-5-11(2)14(17)16(13-7-8-13)10-12-6-4-9-15-12/h11-13,15H,3-10H2,1-2H3. The first-order valence-corrected chi connectivity index (χ1v) is 7.26. The van der Waals surface area contributed by atoms with Gasteiger partial charge in [0.1, 0.15) is 0 Å². The molecule has 1 saturated carbocycles. The molecule has 0 radical (unpaired) electrons. The van der Waals surface area contributed by atoms with Crippen LogP contribution in [-0.4, -0.2) is 36.0 Å². The highest BCUT2D eigenvalue weighted by molar-refractivity contribution is 5.79. The first-order chi connectivity index (χ1) is 8.22. The molecule has 2 aliphatic rings. The molecule has 3 heteroatoms. The lowest BCUT2D eigenvalue weighted by Crippen LogP contribution is -2.44. The van der Waals surface area contributed by atoms with Crippen LogP contribution in [-0.2, 0) is 4.79 Å². The van der Waals surface area contributed by atoms with Crippen LogP contribution in [0.1, 0.15) is 52.4 Å². The van der Waals surface area contributed by atoms with Crippen molar-refractivity contribution in [3.8, 4) is 0 Å². The predicted octanol–water partition coefficient (Wildman–Crippen LogP) is 2.17.